The molecule has 2 unspecified atom stereocenters. The summed E-state index contributed by atoms with van der Waals surface area (Å²) in [5.41, 5.74) is 0.0244. The summed E-state index contributed by atoms with van der Waals surface area (Å²) in [4.78, 5) is 32.1. The fourth-order valence-corrected chi connectivity index (χ4v) is 3.44. The third-order valence-electron chi connectivity index (χ3n) is 5.50. The molecule has 0 spiro atoms. The molecule has 2 atom stereocenters. The number of nitrogens with one attached hydrogen (secondary N) is 4. The van der Waals surface area contributed by atoms with Crippen LogP contribution in [0.3, 0.4) is 0 Å². The molecule has 4 amide bonds. The smallest absolute Gasteiger partial charge is 0.320 e. The van der Waals surface area contributed by atoms with Crippen LogP contribution in [0.1, 0.15) is 20.3 Å². The van der Waals surface area contributed by atoms with Gasteiger partial charge in [-0.3, -0.25) is 10.6 Å². The van der Waals surface area contributed by atoms with Crippen LogP contribution in [0.5, 0.6) is 0 Å². The van der Waals surface area contributed by atoms with Gasteiger partial charge in [-0.1, -0.05) is 26.0 Å². The second-order valence-corrected chi connectivity index (χ2v) is 7.55. The molecule has 2 heterocycles. The molecule has 1 saturated carbocycles. The van der Waals surface area contributed by atoms with Crippen molar-refractivity contribution in [3.63, 3.8) is 0 Å². The third kappa shape index (κ3) is 4.97. The quantitative estimate of drug-likeness (QED) is 0.616. The molecule has 0 bridgehead atoms. The van der Waals surface area contributed by atoms with Gasteiger partial charge in [0.05, 0.1) is 0 Å². The first-order valence-corrected chi connectivity index (χ1v) is 9.37. The number of pyridine rings is 2. The van der Waals surface area contributed by atoms with E-state index in [0.717, 1.165) is 6.42 Å². The summed E-state index contributed by atoms with van der Waals surface area (Å²) in [6.45, 7) is 5.51. The highest BCUT2D eigenvalue weighted by molar-refractivity contribution is 5.88. The molecule has 0 saturated heterocycles. The monoisotopic (exact) mass is 382 g/mol. The van der Waals surface area contributed by atoms with E-state index in [0.29, 0.717) is 36.6 Å². The van der Waals surface area contributed by atoms with Gasteiger partial charge in [0, 0.05) is 25.5 Å². The van der Waals surface area contributed by atoms with E-state index < -0.39 is 0 Å². The van der Waals surface area contributed by atoms with Crippen molar-refractivity contribution in [3.8, 4) is 0 Å². The highest BCUT2D eigenvalue weighted by Gasteiger charge is 2.47. The van der Waals surface area contributed by atoms with Crippen LogP contribution in [0.2, 0.25) is 0 Å². The summed E-state index contributed by atoms with van der Waals surface area (Å²) in [5.74, 6) is 1.75. The lowest BCUT2D eigenvalue weighted by atomic mass is 9.54. The van der Waals surface area contributed by atoms with E-state index in [-0.39, 0.29) is 17.5 Å². The fraction of sp³-hybridized carbons (Fsp3) is 0.400. The van der Waals surface area contributed by atoms with Gasteiger partial charge in [0.2, 0.25) is 0 Å². The lowest BCUT2D eigenvalue weighted by Crippen LogP contribution is -2.54. The normalized spacial score (nSPS) is 19.8. The van der Waals surface area contributed by atoms with Gasteiger partial charge < -0.3 is 10.6 Å². The fourth-order valence-electron chi connectivity index (χ4n) is 3.44. The van der Waals surface area contributed by atoms with Gasteiger partial charge in [0.25, 0.3) is 0 Å². The Morgan fingerprint density at radius 1 is 0.893 bits per heavy atom. The average molecular weight is 382 g/mol. The Bertz CT molecular complexity index is 731. The Morgan fingerprint density at radius 2 is 1.36 bits per heavy atom. The van der Waals surface area contributed by atoms with Gasteiger partial charge in [0.15, 0.2) is 0 Å². The number of anilines is 2. The molecule has 3 rings (SSSR count). The van der Waals surface area contributed by atoms with Gasteiger partial charge in [-0.2, -0.15) is 0 Å². The summed E-state index contributed by atoms with van der Waals surface area (Å²) in [6.07, 6.45) is 4.21. The molecule has 2 aromatic heterocycles. The minimum Gasteiger partial charge on any atom is -0.338 e. The molecule has 1 aliphatic carbocycles. The second-order valence-electron chi connectivity index (χ2n) is 7.55. The van der Waals surface area contributed by atoms with Gasteiger partial charge >= 0.3 is 12.1 Å². The average Bonchev–Trinajstić information content (AvgIpc) is 2.68. The number of nitrogens with zero attached hydrogens (tertiary/aromatic N) is 2. The number of hydrogen-bond donors (Lipinski definition) is 4. The summed E-state index contributed by atoms with van der Waals surface area (Å²) in [6, 6.07) is 10.2. The molecule has 28 heavy (non-hydrogen) atoms. The zero-order valence-corrected chi connectivity index (χ0v) is 16.1. The zero-order valence-electron chi connectivity index (χ0n) is 16.1. The van der Waals surface area contributed by atoms with Crippen LogP contribution in [-0.4, -0.2) is 35.1 Å². The van der Waals surface area contributed by atoms with Crippen molar-refractivity contribution in [2.75, 3.05) is 23.7 Å². The summed E-state index contributed by atoms with van der Waals surface area (Å²) in [5, 5.41) is 11.2. The van der Waals surface area contributed by atoms with E-state index >= 15 is 0 Å². The lowest BCUT2D eigenvalue weighted by Gasteiger charge is -2.52. The van der Waals surface area contributed by atoms with E-state index in [9.17, 15) is 9.59 Å². The van der Waals surface area contributed by atoms with Crippen molar-refractivity contribution in [3.05, 3.63) is 48.8 Å². The Balaban J connectivity index is 1.38. The second kappa shape index (κ2) is 8.69. The van der Waals surface area contributed by atoms with Crippen molar-refractivity contribution in [2.45, 2.75) is 20.3 Å². The number of amides is 4. The summed E-state index contributed by atoms with van der Waals surface area (Å²) >= 11 is 0. The Kier molecular flexibility index (Phi) is 6.08. The first-order chi connectivity index (χ1) is 13.4. The largest absolute Gasteiger partial charge is 0.338 e. The highest BCUT2D eigenvalue weighted by atomic mass is 16.2. The molecule has 1 aliphatic rings. The van der Waals surface area contributed by atoms with Gasteiger partial charge in [-0.25, -0.2) is 19.6 Å². The molecular formula is C20H26N6O2. The van der Waals surface area contributed by atoms with Crippen LogP contribution >= 0.6 is 0 Å². The molecule has 0 aromatic carbocycles. The zero-order chi connectivity index (χ0) is 20.0. The van der Waals surface area contributed by atoms with Gasteiger partial charge in [-0.15, -0.1) is 0 Å². The number of carbonyl (C=O) groups excluding carboxylic acids is 2. The predicted octanol–water partition coefficient (Wildman–Crippen LogP) is 3.08. The van der Waals surface area contributed by atoms with Crippen molar-refractivity contribution < 1.29 is 9.59 Å². The molecule has 4 N–H and O–H groups in total. The van der Waals surface area contributed by atoms with E-state index in [1.165, 1.54) is 0 Å². The standard InChI is InChI=1S/C20H26N6O2/c1-20(2)14(12-23-18(27)25-16-7-3-5-9-21-16)11-15(20)13-24-19(28)26-17-8-4-6-10-22-17/h3-10,14-15H,11-13H2,1-2H3,(H2,21,23,25,27)(H2,22,24,26,28). The summed E-state index contributed by atoms with van der Waals surface area (Å²) in [7, 11) is 0. The molecule has 0 aliphatic heterocycles. The number of carbonyl (C=O) groups is 2. The van der Waals surface area contributed by atoms with Crippen LogP contribution in [0.4, 0.5) is 21.2 Å². The maximum atomic E-state index is 12.0. The number of urea groups is 2. The minimum atomic E-state index is -0.259. The van der Waals surface area contributed by atoms with Crippen molar-refractivity contribution in [1.82, 2.24) is 20.6 Å². The Morgan fingerprint density at radius 3 is 1.71 bits per heavy atom. The summed E-state index contributed by atoms with van der Waals surface area (Å²) < 4.78 is 0. The Labute approximate surface area is 164 Å². The molecular weight excluding hydrogens is 356 g/mol. The Hall–Kier alpha value is -3.16. The predicted molar refractivity (Wildman–Crippen MR) is 108 cm³/mol. The minimum absolute atomic E-state index is 0.0244. The van der Waals surface area contributed by atoms with Gasteiger partial charge in [0.1, 0.15) is 11.6 Å². The van der Waals surface area contributed by atoms with Gasteiger partial charge in [-0.05, 0) is 47.9 Å². The molecule has 148 valence electrons. The molecule has 1 fully saturated rings. The van der Waals surface area contributed by atoms with Crippen LogP contribution in [0.25, 0.3) is 0 Å². The SMILES string of the molecule is CC1(C)C(CNC(=O)Nc2ccccn2)CC1CNC(=O)Nc1ccccn1. The first kappa shape index (κ1) is 19.6. The molecule has 2 aromatic rings. The number of hydrogen-bond acceptors (Lipinski definition) is 4. The van der Waals surface area contributed by atoms with Crippen LogP contribution in [0.15, 0.2) is 48.8 Å². The van der Waals surface area contributed by atoms with Crippen molar-refractivity contribution in [1.29, 1.82) is 0 Å². The highest BCUT2D eigenvalue weighted by Crippen LogP contribution is 2.50. The topological polar surface area (TPSA) is 108 Å². The maximum absolute atomic E-state index is 12.0. The molecule has 8 heteroatoms. The maximum Gasteiger partial charge on any atom is 0.320 e. The van der Waals surface area contributed by atoms with E-state index in [1.54, 1.807) is 36.7 Å². The van der Waals surface area contributed by atoms with Crippen LogP contribution in [0, 0.1) is 17.3 Å². The van der Waals surface area contributed by atoms with Crippen LogP contribution in [-0.2, 0) is 0 Å². The lowest BCUT2D eigenvalue weighted by molar-refractivity contribution is -0.0142. The number of rotatable bonds is 6. The van der Waals surface area contributed by atoms with Crippen molar-refractivity contribution >= 4 is 23.7 Å². The molecule has 0 radical (unpaired) electrons. The van der Waals surface area contributed by atoms with E-state index in [4.69, 9.17) is 0 Å². The van der Waals surface area contributed by atoms with Crippen LogP contribution < -0.4 is 21.3 Å². The van der Waals surface area contributed by atoms with E-state index in [2.05, 4.69) is 45.1 Å². The molecule has 8 nitrogen and oxygen atoms in total. The van der Waals surface area contributed by atoms with Crippen molar-refractivity contribution in [2.24, 2.45) is 17.3 Å². The number of aromatic nitrogens is 2. The third-order valence-corrected chi connectivity index (χ3v) is 5.50. The van der Waals surface area contributed by atoms with E-state index in [1.807, 2.05) is 12.1 Å². The first-order valence-electron chi connectivity index (χ1n) is 9.37.